The number of hydrogen-bond acceptors (Lipinski definition) is 6. The van der Waals surface area contributed by atoms with Gasteiger partial charge in [-0.25, -0.2) is 14.2 Å². The lowest BCUT2D eigenvalue weighted by Crippen LogP contribution is -2.42. The third-order valence-corrected chi connectivity index (χ3v) is 5.35. The van der Waals surface area contributed by atoms with Crippen LogP contribution in [0.4, 0.5) is 33.7 Å². The first-order valence-corrected chi connectivity index (χ1v) is 10.4. The van der Waals surface area contributed by atoms with Gasteiger partial charge in [-0.05, 0) is 30.3 Å². The standard InChI is InChI=1S/C22H16ClF4N5O4/c1-32-7-6-16-18(32)19(29-10-28-16)36-12-3-5-15(13(23)9-12)30-20(33)31-17-8-11(2-4-14(17)24)21(34,35)22(25,26)27/h2-10,34-35H,1H3,(H2,30,31,33). The minimum absolute atomic E-state index is 0.0239. The number of carbonyl (C=O) groups is 1. The van der Waals surface area contributed by atoms with Crippen LogP contribution in [0, 0.1) is 5.82 Å². The topological polar surface area (TPSA) is 122 Å². The molecule has 0 bridgehead atoms. The van der Waals surface area contributed by atoms with Gasteiger partial charge in [0.1, 0.15) is 23.4 Å². The smallest absolute Gasteiger partial charge is 0.437 e. The highest BCUT2D eigenvalue weighted by Crippen LogP contribution is 2.38. The predicted octanol–water partition coefficient (Wildman–Crippen LogP) is 4.90. The van der Waals surface area contributed by atoms with Gasteiger partial charge in [0.05, 0.1) is 21.9 Å². The van der Waals surface area contributed by atoms with E-state index in [1.54, 1.807) is 23.9 Å². The molecule has 2 aromatic carbocycles. The number of fused-ring (bicyclic) bond motifs is 1. The Bertz CT molecular complexity index is 1460. The Labute approximate surface area is 204 Å². The molecule has 36 heavy (non-hydrogen) atoms. The molecule has 0 fully saturated rings. The number of carbonyl (C=O) groups excluding carboxylic acids is 1. The minimum atomic E-state index is -5.46. The van der Waals surface area contributed by atoms with E-state index in [2.05, 4.69) is 15.3 Å². The molecule has 0 atom stereocenters. The second-order valence-corrected chi connectivity index (χ2v) is 7.93. The zero-order chi connectivity index (χ0) is 26.3. The van der Waals surface area contributed by atoms with E-state index in [0.29, 0.717) is 29.2 Å². The first-order chi connectivity index (χ1) is 16.9. The molecule has 0 unspecified atom stereocenters. The third kappa shape index (κ3) is 4.89. The maximum Gasteiger partial charge on any atom is 0.447 e. The summed E-state index contributed by atoms with van der Waals surface area (Å²) in [6, 6.07) is 6.48. The summed E-state index contributed by atoms with van der Waals surface area (Å²) in [5.74, 6) is -4.82. The Morgan fingerprint density at radius 2 is 1.78 bits per heavy atom. The van der Waals surface area contributed by atoms with Crippen LogP contribution < -0.4 is 15.4 Å². The molecule has 2 aromatic heterocycles. The number of amides is 2. The Hall–Kier alpha value is -3.94. The summed E-state index contributed by atoms with van der Waals surface area (Å²) >= 11 is 6.21. The molecule has 0 aliphatic carbocycles. The molecule has 0 radical (unpaired) electrons. The van der Waals surface area contributed by atoms with Gasteiger partial charge in [-0.15, -0.1) is 0 Å². The number of benzene rings is 2. The Balaban J connectivity index is 1.49. The molecule has 0 saturated heterocycles. The number of aromatic nitrogens is 3. The largest absolute Gasteiger partial charge is 0.447 e. The van der Waals surface area contributed by atoms with E-state index in [1.165, 1.54) is 24.5 Å². The molecule has 0 spiro atoms. The van der Waals surface area contributed by atoms with Crippen LogP contribution in [0.5, 0.6) is 11.6 Å². The fourth-order valence-electron chi connectivity index (χ4n) is 3.21. The summed E-state index contributed by atoms with van der Waals surface area (Å²) in [7, 11) is 1.79. The molecule has 14 heteroatoms. The fourth-order valence-corrected chi connectivity index (χ4v) is 3.43. The molecule has 188 valence electrons. The zero-order valence-corrected chi connectivity index (χ0v) is 18.9. The number of aliphatic hydroxyl groups is 2. The summed E-state index contributed by atoms with van der Waals surface area (Å²) < 4.78 is 60.2. The van der Waals surface area contributed by atoms with Gasteiger partial charge in [0.2, 0.25) is 5.88 Å². The molecule has 2 amide bonds. The van der Waals surface area contributed by atoms with Crippen molar-refractivity contribution in [3.05, 3.63) is 71.4 Å². The number of ether oxygens (including phenoxy) is 1. The fraction of sp³-hybridized carbons (Fsp3) is 0.136. The van der Waals surface area contributed by atoms with E-state index >= 15 is 0 Å². The first-order valence-electron chi connectivity index (χ1n) is 10.00. The number of rotatable bonds is 5. The molecular formula is C22H16ClF4N5O4. The third-order valence-electron chi connectivity index (χ3n) is 5.04. The van der Waals surface area contributed by atoms with Crippen LogP contribution in [0.2, 0.25) is 5.02 Å². The van der Waals surface area contributed by atoms with Crippen molar-refractivity contribution in [2.45, 2.75) is 12.0 Å². The van der Waals surface area contributed by atoms with Crippen molar-refractivity contribution in [3.63, 3.8) is 0 Å². The van der Waals surface area contributed by atoms with Crippen LogP contribution in [-0.2, 0) is 12.8 Å². The highest BCUT2D eigenvalue weighted by molar-refractivity contribution is 6.34. The lowest BCUT2D eigenvalue weighted by Gasteiger charge is -2.25. The average Bonchev–Trinajstić information content (AvgIpc) is 3.18. The Morgan fingerprint density at radius 1 is 1.06 bits per heavy atom. The van der Waals surface area contributed by atoms with Gasteiger partial charge in [0.25, 0.3) is 5.79 Å². The van der Waals surface area contributed by atoms with Crippen molar-refractivity contribution in [2.24, 2.45) is 7.05 Å². The van der Waals surface area contributed by atoms with E-state index in [9.17, 15) is 32.6 Å². The number of halogens is 5. The van der Waals surface area contributed by atoms with Crippen LogP contribution in [0.25, 0.3) is 11.0 Å². The van der Waals surface area contributed by atoms with Crippen molar-refractivity contribution in [3.8, 4) is 11.6 Å². The predicted molar refractivity (Wildman–Crippen MR) is 121 cm³/mol. The second-order valence-electron chi connectivity index (χ2n) is 7.53. The molecule has 4 rings (SSSR count). The second kappa shape index (κ2) is 9.26. The highest BCUT2D eigenvalue weighted by Gasteiger charge is 2.54. The summed E-state index contributed by atoms with van der Waals surface area (Å²) in [6.45, 7) is 0. The molecule has 2 heterocycles. The van der Waals surface area contributed by atoms with E-state index in [1.807, 2.05) is 5.32 Å². The number of nitrogens with one attached hydrogen (secondary N) is 2. The van der Waals surface area contributed by atoms with Crippen molar-refractivity contribution >= 4 is 40.0 Å². The summed E-state index contributed by atoms with van der Waals surface area (Å²) in [5.41, 5.74) is -0.454. The van der Waals surface area contributed by atoms with Crippen LogP contribution >= 0.6 is 11.6 Å². The number of hydrogen-bond donors (Lipinski definition) is 4. The minimum Gasteiger partial charge on any atom is -0.437 e. The average molecular weight is 526 g/mol. The number of urea groups is 1. The monoisotopic (exact) mass is 525 g/mol. The molecular weight excluding hydrogens is 510 g/mol. The lowest BCUT2D eigenvalue weighted by atomic mass is 10.0. The van der Waals surface area contributed by atoms with Crippen LogP contribution in [-0.4, -0.2) is 37.0 Å². The molecule has 0 aliphatic rings. The summed E-state index contributed by atoms with van der Waals surface area (Å²) in [5, 5.41) is 23.1. The number of anilines is 2. The summed E-state index contributed by atoms with van der Waals surface area (Å²) in [4.78, 5) is 20.6. The normalized spacial score (nSPS) is 12.0. The van der Waals surface area contributed by atoms with Gasteiger partial charge in [-0.2, -0.15) is 18.2 Å². The number of aryl methyl sites for hydroxylation is 1. The number of alkyl halides is 3. The Morgan fingerprint density at radius 3 is 2.47 bits per heavy atom. The van der Waals surface area contributed by atoms with Gasteiger partial charge in [0.15, 0.2) is 0 Å². The van der Waals surface area contributed by atoms with Gasteiger partial charge in [0, 0.05) is 24.9 Å². The molecule has 0 aliphatic heterocycles. The van der Waals surface area contributed by atoms with Gasteiger partial charge in [-0.1, -0.05) is 17.7 Å². The molecule has 0 saturated carbocycles. The van der Waals surface area contributed by atoms with Gasteiger partial charge in [-0.3, -0.25) is 0 Å². The quantitative estimate of drug-likeness (QED) is 0.217. The molecule has 9 nitrogen and oxygen atoms in total. The van der Waals surface area contributed by atoms with E-state index < -0.39 is 35.1 Å². The number of nitrogens with zero attached hydrogens (tertiary/aromatic N) is 3. The van der Waals surface area contributed by atoms with Gasteiger partial charge >= 0.3 is 12.2 Å². The van der Waals surface area contributed by atoms with Crippen molar-refractivity contribution in [1.29, 1.82) is 0 Å². The zero-order valence-electron chi connectivity index (χ0n) is 18.1. The molecule has 4 aromatic rings. The van der Waals surface area contributed by atoms with Gasteiger partial charge < -0.3 is 30.2 Å². The van der Waals surface area contributed by atoms with Crippen molar-refractivity contribution in [1.82, 2.24) is 14.5 Å². The SMILES string of the molecule is Cn1ccc2ncnc(Oc3ccc(NC(=O)Nc4cc(C(O)(O)C(F)(F)F)ccc4F)c(Cl)c3)c21. The van der Waals surface area contributed by atoms with Crippen molar-refractivity contribution < 1.29 is 37.3 Å². The van der Waals surface area contributed by atoms with Crippen LogP contribution in [0.3, 0.4) is 0 Å². The van der Waals surface area contributed by atoms with E-state index in [0.717, 1.165) is 0 Å². The van der Waals surface area contributed by atoms with Crippen LogP contribution in [0.1, 0.15) is 5.56 Å². The van der Waals surface area contributed by atoms with Crippen LogP contribution in [0.15, 0.2) is 55.0 Å². The molecule has 4 N–H and O–H groups in total. The van der Waals surface area contributed by atoms with E-state index in [-0.39, 0.29) is 22.3 Å². The lowest BCUT2D eigenvalue weighted by molar-refractivity contribution is -0.358. The maximum absolute atomic E-state index is 14.1. The van der Waals surface area contributed by atoms with E-state index in [4.69, 9.17) is 16.3 Å². The summed E-state index contributed by atoms with van der Waals surface area (Å²) in [6.07, 6.45) is -2.34. The Kier molecular flexibility index (Phi) is 6.47. The first kappa shape index (κ1) is 25.2. The maximum atomic E-state index is 14.1. The van der Waals surface area contributed by atoms with Crippen molar-refractivity contribution in [2.75, 3.05) is 10.6 Å². The highest BCUT2D eigenvalue weighted by atomic mass is 35.5.